The molecule has 82 valence electrons. The monoisotopic (exact) mass is 214 g/mol. The van der Waals surface area contributed by atoms with Crippen LogP contribution in [0.15, 0.2) is 11.0 Å². The van der Waals surface area contributed by atoms with Crippen molar-refractivity contribution in [2.75, 3.05) is 6.26 Å². The maximum Gasteiger partial charge on any atom is 0.161 e. The van der Waals surface area contributed by atoms with Crippen LogP contribution < -0.4 is 0 Å². The van der Waals surface area contributed by atoms with Gasteiger partial charge >= 0.3 is 0 Å². The number of thioether (sulfide) groups is 1. The molecule has 0 fully saturated rings. The molecule has 1 nitrogen and oxygen atoms in total. The average Bonchev–Trinajstić information content (AvgIpc) is 1.95. The van der Waals surface area contributed by atoms with Gasteiger partial charge < -0.3 is 0 Å². The van der Waals surface area contributed by atoms with Gasteiger partial charge in [-0.1, -0.05) is 41.5 Å². The molecule has 0 aliphatic heterocycles. The summed E-state index contributed by atoms with van der Waals surface area (Å²) in [6, 6.07) is 0. The van der Waals surface area contributed by atoms with Crippen LogP contribution in [0.5, 0.6) is 0 Å². The van der Waals surface area contributed by atoms with Gasteiger partial charge in [0.1, 0.15) is 0 Å². The van der Waals surface area contributed by atoms with E-state index in [0.717, 1.165) is 4.91 Å². The largest absolute Gasteiger partial charge is 0.294 e. The van der Waals surface area contributed by atoms with Crippen LogP contribution >= 0.6 is 11.8 Å². The number of rotatable bonds is 2. The summed E-state index contributed by atoms with van der Waals surface area (Å²) in [6.45, 7) is 12.2. The third-order valence-electron chi connectivity index (χ3n) is 1.96. The maximum absolute atomic E-state index is 11.8. The Balaban J connectivity index is 4.89. The van der Waals surface area contributed by atoms with Gasteiger partial charge in [-0.05, 0) is 22.7 Å². The third kappa shape index (κ3) is 4.32. The highest BCUT2D eigenvalue weighted by Gasteiger charge is 2.23. The number of ketones is 1. The Labute approximate surface area is 92.3 Å². The van der Waals surface area contributed by atoms with Gasteiger partial charge in [0.2, 0.25) is 0 Å². The molecule has 2 heteroatoms. The minimum atomic E-state index is -0.272. The van der Waals surface area contributed by atoms with Crippen LogP contribution in [0.1, 0.15) is 41.5 Å². The summed E-state index contributed by atoms with van der Waals surface area (Å²) in [5, 5.41) is 0. The van der Waals surface area contributed by atoms with E-state index in [1.807, 2.05) is 27.0 Å². The van der Waals surface area contributed by atoms with Crippen LogP contribution in [-0.2, 0) is 4.79 Å². The molecule has 0 unspecified atom stereocenters. The maximum atomic E-state index is 11.8. The van der Waals surface area contributed by atoms with Crippen molar-refractivity contribution in [1.82, 2.24) is 0 Å². The van der Waals surface area contributed by atoms with Gasteiger partial charge in [0.15, 0.2) is 5.78 Å². The molecular formula is C12H22OS. The molecule has 0 N–H and O–H groups in total. The Hall–Kier alpha value is -0.240. The Bertz CT molecular complexity index is 238. The topological polar surface area (TPSA) is 17.1 Å². The fourth-order valence-corrected chi connectivity index (χ4v) is 1.75. The first kappa shape index (κ1) is 13.8. The normalized spacial score (nSPS) is 14.4. The van der Waals surface area contributed by atoms with E-state index in [1.165, 1.54) is 0 Å². The smallest absolute Gasteiger partial charge is 0.161 e. The molecule has 0 aliphatic rings. The van der Waals surface area contributed by atoms with Crippen molar-refractivity contribution < 1.29 is 4.79 Å². The molecule has 0 spiro atoms. The predicted molar refractivity (Wildman–Crippen MR) is 65.5 cm³/mol. The molecule has 0 aromatic rings. The lowest BCUT2D eigenvalue weighted by atomic mass is 9.88. The fraction of sp³-hybridized carbons (Fsp3) is 0.750. The summed E-state index contributed by atoms with van der Waals surface area (Å²) >= 11 is 1.66. The molecule has 0 rings (SSSR count). The van der Waals surface area contributed by atoms with Crippen LogP contribution in [0.3, 0.4) is 0 Å². The Morgan fingerprint density at radius 2 is 1.43 bits per heavy atom. The lowest BCUT2D eigenvalue weighted by Crippen LogP contribution is -2.19. The summed E-state index contributed by atoms with van der Waals surface area (Å²) in [5.41, 5.74) is -0.202. The third-order valence-corrected chi connectivity index (χ3v) is 3.13. The van der Waals surface area contributed by atoms with Gasteiger partial charge in [-0.3, -0.25) is 4.79 Å². The quantitative estimate of drug-likeness (QED) is 0.649. The highest BCUT2D eigenvalue weighted by molar-refractivity contribution is 8.02. The zero-order valence-electron chi connectivity index (χ0n) is 10.4. The molecule has 0 aromatic carbocycles. The van der Waals surface area contributed by atoms with Gasteiger partial charge in [-0.2, -0.15) is 0 Å². The molecule has 0 aromatic heterocycles. The molecular weight excluding hydrogens is 192 g/mol. The highest BCUT2D eigenvalue weighted by Crippen LogP contribution is 2.34. The second-order valence-corrected chi connectivity index (χ2v) is 6.43. The van der Waals surface area contributed by atoms with Gasteiger partial charge in [0.05, 0.1) is 0 Å². The predicted octanol–water partition coefficient (Wildman–Crippen LogP) is 3.89. The van der Waals surface area contributed by atoms with Crippen molar-refractivity contribution in [3.63, 3.8) is 0 Å². The van der Waals surface area contributed by atoms with Gasteiger partial charge in [0.25, 0.3) is 0 Å². The van der Waals surface area contributed by atoms with E-state index in [2.05, 4.69) is 20.8 Å². The number of hydrogen-bond donors (Lipinski definition) is 0. The first-order valence-electron chi connectivity index (χ1n) is 4.89. The minimum absolute atomic E-state index is 0.0698. The first-order valence-corrected chi connectivity index (χ1v) is 6.12. The molecule has 0 saturated carbocycles. The molecule has 0 amide bonds. The first-order chi connectivity index (χ1) is 6.09. The lowest BCUT2D eigenvalue weighted by Gasteiger charge is -2.23. The summed E-state index contributed by atoms with van der Waals surface area (Å²) in [6.07, 6.45) is 3.82. The summed E-state index contributed by atoms with van der Waals surface area (Å²) in [5.74, 6) is 0.205. The van der Waals surface area contributed by atoms with Crippen molar-refractivity contribution in [2.24, 2.45) is 10.8 Å². The van der Waals surface area contributed by atoms with E-state index in [4.69, 9.17) is 0 Å². The standard InChI is InChI=1S/C12H22OS/c1-11(2,3)9(13)8-10(14-7)12(4,5)6/h8H,1-7H3/b10-8-. The van der Waals surface area contributed by atoms with Crippen LogP contribution in [0.4, 0.5) is 0 Å². The number of hydrogen-bond acceptors (Lipinski definition) is 2. The summed E-state index contributed by atoms with van der Waals surface area (Å²) in [4.78, 5) is 12.9. The molecule has 0 heterocycles. The van der Waals surface area contributed by atoms with E-state index >= 15 is 0 Å². The van der Waals surface area contributed by atoms with Crippen molar-refractivity contribution >= 4 is 17.5 Å². The molecule has 0 radical (unpaired) electrons. The Morgan fingerprint density at radius 3 is 1.64 bits per heavy atom. The summed E-state index contributed by atoms with van der Waals surface area (Å²) < 4.78 is 0. The molecule has 0 saturated heterocycles. The number of carbonyl (C=O) groups excluding carboxylic acids is 1. The van der Waals surface area contributed by atoms with Crippen LogP contribution in [0, 0.1) is 10.8 Å². The lowest BCUT2D eigenvalue weighted by molar-refractivity contribution is -0.121. The van der Waals surface area contributed by atoms with Gasteiger partial charge in [-0.15, -0.1) is 11.8 Å². The van der Waals surface area contributed by atoms with E-state index in [1.54, 1.807) is 17.8 Å². The molecule has 0 aliphatic carbocycles. The highest BCUT2D eigenvalue weighted by atomic mass is 32.2. The minimum Gasteiger partial charge on any atom is -0.294 e. The SMILES string of the molecule is CS/C(=C\C(=O)C(C)(C)C)C(C)(C)C. The Morgan fingerprint density at radius 1 is 1.00 bits per heavy atom. The molecule has 14 heavy (non-hydrogen) atoms. The van der Waals surface area contributed by atoms with E-state index < -0.39 is 0 Å². The van der Waals surface area contributed by atoms with E-state index in [-0.39, 0.29) is 16.6 Å². The van der Waals surface area contributed by atoms with E-state index in [0.29, 0.717) is 0 Å². The van der Waals surface area contributed by atoms with Gasteiger partial charge in [-0.25, -0.2) is 0 Å². The average molecular weight is 214 g/mol. The zero-order chi connectivity index (χ0) is 11.6. The summed E-state index contributed by atoms with van der Waals surface area (Å²) in [7, 11) is 0. The van der Waals surface area contributed by atoms with Gasteiger partial charge in [0, 0.05) is 5.41 Å². The number of allylic oxidation sites excluding steroid dienone is 2. The van der Waals surface area contributed by atoms with Crippen LogP contribution in [0.25, 0.3) is 0 Å². The second kappa shape index (κ2) is 4.52. The van der Waals surface area contributed by atoms with Crippen molar-refractivity contribution in [2.45, 2.75) is 41.5 Å². The van der Waals surface area contributed by atoms with E-state index in [9.17, 15) is 4.79 Å². The van der Waals surface area contributed by atoms with Crippen molar-refractivity contribution in [3.05, 3.63) is 11.0 Å². The Kier molecular flexibility index (Phi) is 4.44. The fourth-order valence-electron chi connectivity index (χ4n) is 0.917. The van der Waals surface area contributed by atoms with Crippen molar-refractivity contribution in [1.29, 1.82) is 0 Å². The zero-order valence-corrected chi connectivity index (χ0v) is 11.2. The molecule has 0 bridgehead atoms. The van der Waals surface area contributed by atoms with Crippen LogP contribution in [-0.4, -0.2) is 12.0 Å². The van der Waals surface area contributed by atoms with Crippen molar-refractivity contribution in [3.8, 4) is 0 Å². The number of carbonyl (C=O) groups is 1. The molecule has 0 atom stereocenters. The van der Waals surface area contributed by atoms with Crippen LogP contribution in [0.2, 0.25) is 0 Å². The second-order valence-electron chi connectivity index (χ2n) is 5.58.